The fourth-order valence-electron chi connectivity index (χ4n) is 10.3. The van der Waals surface area contributed by atoms with Crippen molar-refractivity contribution in [3.05, 3.63) is 70.8 Å². The first-order valence-corrected chi connectivity index (χ1v) is 28.0. The molecule has 0 amide bonds. The molecule has 278 valence electrons. The van der Waals surface area contributed by atoms with Crippen LogP contribution in [0.3, 0.4) is 0 Å². The van der Waals surface area contributed by atoms with Crippen molar-refractivity contribution in [2.75, 3.05) is 0 Å². The molecule has 0 unspecified atom stereocenters. The Balaban J connectivity index is 0.000000163. The maximum absolute atomic E-state index is 4.89. The Kier molecular flexibility index (Phi) is 16.0. The zero-order chi connectivity index (χ0) is 35.7. The van der Waals surface area contributed by atoms with E-state index < -0.39 is 17.0 Å². The molecule has 4 aliphatic rings. The number of halogens is 2. The molecular weight excluding hydrogens is 733 g/mol. The van der Waals surface area contributed by atoms with Gasteiger partial charge in [0.25, 0.3) is 0 Å². The summed E-state index contributed by atoms with van der Waals surface area (Å²) in [4.78, 5) is 0. The molecule has 0 bridgehead atoms. The summed E-state index contributed by atoms with van der Waals surface area (Å²) >= 11 is -0.556. The van der Waals surface area contributed by atoms with Crippen LogP contribution in [0.2, 0.25) is 0 Å². The van der Waals surface area contributed by atoms with E-state index in [1.54, 1.807) is 10.6 Å². The molecular formula is C46H64Cl2P2Ti-2. The van der Waals surface area contributed by atoms with Gasteiger partial charge in [-0.25, -0.2) is 0 Å². The van der Waals surface area contributed by atoms with Crippen LogP contribution in [0.1, 0.15) is 151 Å². The summed E-state index contributed by atoms with van der Waals surface area (Å²) in [5.74, 6) is 0. The van der Waals surface area contributed by atoms with E-state index in [-0.39, 0.29) is 15.8 Å². The molecule has 4 aromatic rings. The summed E-state index contributed by atoms with van der Waals surface area (Å²) in [5, 5.41) is 9.62. The van der Waals surface area contributed by atoms with Crippen molar-refractivity contribution >= 4 is 66.6 Å². The first kappa shape index (κ1) is 40.5. The van der Waals surface area contributed by atoms with Gasteiger partial charge < -0.3 is 0 Å². The van der Waals surface area contributed by atoms with Gasteiger partial charge in [-0.15, -0.1) is 67.5 Å². The van der Waals surface area contributed by atoms with Crippen molar-refractivity contribution in [1.82, 2.24) is 0 Å². The maximum atomic E-state index is 4.89. The molecule has 0 heterocycles. The molecule has 4 aliphatic carbocycles. The van der Waals surface area contributed by atoms with Gasteiger partial charge in [-0.3, -0.25) is 0 Å². The first-order valence-electron chi connectivity index (χ1n) is 20.8. The summed E-state index contributed by atoms with van der Waals surface area (Å²) < 4.78 is 0. The van der Waals surface area contributed by atoms with Crippen molar-refractivity contribution < 1.29 is 17.0 Å². The fourth-order valence-corrected chi connectivity index (χ4v) is 18.0. The average Bonchev–Trinajstić information content (AvgIpc) is 3.82. The Hall–Kier alpha value is -0.186. The van der Waals surface area contributed by atoms with E-state index in [1.165, 1.54) is 172 Å². The van der Waals surface area contributed by atoms with E-state index in [4.69, 9.17) is 18.6 Å². The van der Waals surface area contributed by atoms with Crippen molar-refractivity contribution in [3.63, 3.8) is 0 Å². The molecule has 0 nitrogen and oxygen atoms in total. The van der Waals surface area contributed by atoms with E-state index in [2.05, 4.69) is 76.2 Å². The summed E-state index contributed by atoms with van der Waals surface area (Å²) in [7, 11) is 9.85. The van der Waals surface area contributed by atoms with Crippen LogP contribution < -0.4 is 10.6 Å². The Bertz CT molecular complexity index is 1410. The van der Waals surface area contributed by atoms with E-state index in [1.807, 2.05) is 0 Å². The third-order valence-corrected chi connectivity index (χ3v) is 20.0. The molecule has 0 radical (unpaired) electrons. The van der Waals surface area contributed by atoms with Crippen LogP contribution in [0.5, 0.6) is 0 Å². The fraction of sp³-hybridized carbons (Fsp3) is 0.609. The predicted molar refractivity (Wildman–Crippen MR) is 230 cm³/mol. The van der Waals surface area contributed by atoms with Crippen molar-refractivity contribution in [2.24, 2.45) is 0 Å². The van der Waals surface area contributed by atoms with Gasteiger partial charge in [0.2, 0.25) is 0 Å². The van der Waals surface area contributed by atoms with E-state index in [9.17, 15) is 0 Å². The van der Waals surface area contributed by atoms with Gasteiger partial charge in [0, 0.05) is 0 Å². The Morgan fingerprint density at radius 1 is 0.451 bits per heavy atom. The zero-order valence-corrected chi connectivity index (χ0v) is 37.1. The van der Waals surface area contributed by atoms with E-state index in [0.717, 1.165) is 22.6 Å². The van der Waals surface area contributed by atoms with Gasteiger partial charge in [0.1, 0.15) is 0 Å². The molecule has 8 rings (SSSR count). The van der Waals surface area contributed by atoms with Gasteiger partial charge in [-0.2, -0.15) is 12.1 Å². The Labute approximate surface area is 330 Å². The molecule has 51 heavy (non-hydrogen) atoms. The molecule has 4 saturated carbocycles. The van der Waals surface area contributed by atoms with Gasteiger partial charge in [0.15, 0.2) is 0 Å². The second-order valence-corrected chi connectivity index (χ2v) is 24.7. The van der Waals surface area contributed by atoms with Crippen LogP contribution in [-0.2, 0) is 17.0 Å². The summed E-state index contributed by atoms with van der Waals surface area (Å²) in [6.07, 6.45) is 29.8. The SMILES string of the molecule is Cc1ccc(C)c2[cH-]c(P(C3CCCCC3)C3CCCCC3)cc12.Cc1ccc(C)c2[cH-]c(P(C3CCCCC3)C3CCCCC3)cc12.[Cl][Ti][Cl]. The minimum atomic E-state index is -0.556. The average molecular weight is 798 g/mol. The molecule has 4 aromatic carbocycles. The second-order valence-electron chi connectivity index (χ2n) is 16.5. The van der Waals surface area contributed by atoms with Gasteiger partial charge in [-0.1, -0.05) is 130 Å². The summed E-state index contributed by atoms with van der Waals surface area (Å²) in [6.45, 7) is 9.15. The summed E-state index contributed by atoms with van der Waals surface area (Å²) in [6, 6.07) is 19.7. The number of benzene rings is 2. The topological polar surface area (TPSA) is 0 Å². The zero-order valence-electron chi connectivity index (χ0n) is 32.2. The van der Waals surface area contributed by atoms with Crippen LogP contribution >= 0.6 is 34.5 Å². The molecule has 4 fully saturated rings. The summed E-state index contributed by atoms with van der Waals surface area (Å²) in [5.41, 5.74) is 9.88. The molecule has 0 aliphatic heterocycles. The standard InChI is InChI=1S/2C23H32P.2ClH.Ti/c2*1-17-13-14-18(2)23-16-21(15-22(17)23)24(19-9-5-3-6-10-19)20-11-7-4-8-12-20;;;/h2*13-16,19-20H,3-12H2,1-2H3;2*1H;/q2*-1;;;+2/p-2. The molecule has 5 heteroatoms. The van der Waals surface area contributed by atoms with Crippen LogP contribution in [0.4, 0.5) is 0 Å². The van der Waals surface area contributed by atoms with Crippen LogP contribution in [0.25, 0.3) is 21.5 Å². The number of hydrogen-bond donors (Lipinski definition) is 0. The molecule has 0 saturated heterocycles. The van der Waals surface area contributed by atoms with Gasteiger partial charge >= 0.3 is 35.6 Å². The predicted octanol–water partition coefficient (Wildman–Crippen LogP) is 15.3. The van der Waals surface area contributed by atoms with Crippen molar-refractivity contribution in [3.8, 4) is 0 Å². The number of aryl methyl sites for hydroxylation is 4. The van der Waals surface area contributed by atoms with Crippen LogP contribution in [-0.4, -0.2) is 22.6 Å². The van der Waals surface area contributed by atoms with Crippen molar-refractivity contribution in [2.45, 2.75) is 179 Å². The van der Waals surface area contributed by atoms with E-state index in [0.29, 0.717) is 0 Å². The number of rotatable bonds is 6. The van der Waals surface area contributed by atoms with Crippen LogP contribution in [0.15, 0.2) is 48.5 Å². The van der Waals surface area contributed by atoms with Crippen LogP contribution in [0, 0.1) is 27.7 Å². The third kappa shape index (κ3) is 10.2. The van der Waals surface area contributed by atoms with Crippen molar-refractivity contribution in [1.29, 1.82) is 0 Å². The minimum absolute atomic E-state index is 0.0363. The molecule has 0 aromatic heterocycles. The first-order chi connectivity index (χ1) is 24.9. The number of fused-ring (bicyclic) bond motifs is 2. The molecule has 0 spiro atoms. The third-order valence-electron chi connectivity index (χ3n) is 13.1. The Morgan fingerprint density at radius 3 is 0.961 bits per heavy atom. The number of hydrogen-bond acceptors (Lipinski definition) is 0. The molecule has 0 atom stereocenters. The van der Waals surface area contributed by atoms with Gasteiger partial charge in [-0.05, 0) is 87.9 Å². The quantitative estimate of drug-likeness (QED) is 0.104. The molecule has 0 N–H and O–H groups in total. The monoisotopic (exact) mass is 796 g/mol. The Morgan fingerprint density at radius 2 is 0.706 bits per heavy atom. The second kappa shape index (κ2) is 20.1. The van der Waals surface area contributed by atoms with E-state index >= 15 is 0 Å². The van der Waals surface area contributed by atoms with Gasteiger partial charge in [0.05, 0.1) is 0 Å². The normalized spacial score (nSPS) is 20.0.